The average Bonchev–Trinajstić information content (AvgIpc) is 3.18. The number of hydrogen-bond acceptors (Lipinski definition) is 5. The van der Waals surface area contributed by atoms with E-state index in [-0.39, 0.29) is 23.9 Å². The Kier molecular flexibility index (Phi) is 5.59. The lowest BCUT2D eigenvalue weighted by Crippen LogP contribution is -2.42. The lowest BCUT2D eigenvalue weighted by Gasteiger charge is -2.25. The van der Waals surface area contributed by atoms with Gasteiger partial charge in [0.2, 0.25) is 11.8 Å². The Morgan fingerprint density at radius 1 is 1.19 bits per heavy atom. The van der Waals surface area contributed by atoms with E-state index in [0.29, 0.717) is 11.4 Å². The van der Waals surface area contributed by atoms with Crippen molar-refractivity contribution in [2.45, 2.75) is 33.1 Å². The van der Waals surface area contributed by atoms with E-state index in [1.807, 2.05) is 26.0 Å². The van der Waals surface area contributed by atoms with Gasteiger partial charge in [-0.15, -0.1) is 0 Å². The van der Waals surface area contributed by atoms with Crippen LogP contribution in [0, 0.1) is 19.8 Å². The van der Waals surface area contributed by atoms with Gasteiger partial charge in [-0.1, -0.05) is 12.1 Å². The molecule has 2 aromatic carbocycles. The number of methoxy groups -OCH3 is 1. The van der Waals surface area contributed by atoms with Gasteiger partial charge in [0.1, 0.15) is 6.54 Å². The Bertz CT molecular complexity index is 1110. The lowest BCUT2D eigenvalue weighted by atomic mass is 10.0. The van der Waals surface area contributed by atoms with E-state index in [9.17, 15) is 14.4 Å². The summed E-state index contributed by atoms with van der Waals surface area (Å²) in [5.74, 6) is -1.32. The molecule has 0 bridgehead atoms. The highest BCUT2D eigenvalue weighted by atomic mass is 16.5. The summed E-state index contributed by atoms with van der Waals surface area (Å²) in [6.45, 7) is 3.82. The largest absolute Gasteiger partial charge is 0.465 e. The van der Waals surface area contributed by atoms with E-state index < -0.39 is 11.9 Å². The molecule has 2 aromatic rings. The number of ether oxygens (including phenoxy) is 1. The van der Waals surface area contributed by atoms with E-state index in [0.717, 1.165) is 41.8 Å². The molecule has 1 unspecified atom stereocenters. The van der Waals surface area contributed by atoms with Crippen molar-refractivity contribution in [2.24, 2.45) is 10.9 Å². The summed E-state index contributed by atoms with van der Waals surface area (Å²) in [7, 11) is 1.29. The third-order valence-electron chi connectivity index (χ3n) is 5.95. The molecule has 2 amide bonds. The number of hydrogen-bond donors (Lipinski definition) is 1. The van der Waals surface area contributed by atoms with Crippen molar-refractivity contribution >= 4 is 40.6 Å². The minimum atomic E-state index is -0.540. The molecule has 1 N–H and O–H groups in total. The number of nitrogens with zero attached hydrogens (tertiary/aromatic N) is 2. The molecule has 1 saturated carbocycles. The SMILES string of the molecule is COC(=O)c1ccccc1NC(=O)CN1C(=O)C2CCCC2=Nc2cc(C)c(C)cc21. The van der Waals surface area contributed by atoms with E-state index in [2.05, 4.69) is 5.32 Å². The maximum Gasteiger partial charge on any atom is 0.339 e. The molecule has 0 saturated heterocycles. The first-order chi connectivity index (χ1) is 14.9. The summed E-state index contributed by atoms with van der Waals surface area (Å²) >= 11 is 0. The summed E-state index contributed by atoms with van der Waals surface area (Å²) < 4.78 is 4.79. The molecule has 1 fully saturated rings. The quantitative estimate of drug-likeness (QED) is 0.760. The normalized spacial score (nSPS) is 17.4. The molecular formula is C24H25N3O4. The van der Waals surface area contributed by atoms with E-state index in [1.165, 1.54) is 12.0 Å². The highest BCUT2D eigenvalue weighted by Crippen LogP contribution is 2.39. The predicted octanol–water partition coefficient (Wildman–Crippen LogP) is 3.95. The molecule has 4 rings (SSSR count). The van der Waals surface area contributed by atoms with Gasteiger partial charge in [0.15, 0.2) is 0 Å². The van der Waals surface area contributed by atoms with Gasteiger partial charge in [-0.2, -0.15) is 0 Å². The zero-order valence-electron chi connectivity index (χ0n) is 17.9. The van der Waals surface area contributed by atoms with Crippen LogP contribution in [0.5, 0.6) is 0 Å². The van der Waals surface area contributed by atoms with E-state index >= 15 is 0 Å². The van der Waals surface area contributed by atoms with Crippen molar-refractivity contribution in [2.75, 3.05) is 23.9 Å². The van der Waals surface area contributed by atoms with Crippen molar-refractivity contribution in [3.63, 3.8) is 0 Å². The fraction of sp³-hybridized carbons (Fsp3) is 0.333. The average molecular weight is 419 g/mol. The Morgan fingerprint density at radius 3 is 2.71 bits per heavy atom. The van der Waals surface area contributed by atoms with E-state index in [1.54, 1.807) is 24.3 Å². The standard InChI is InChI=1S/C24H25N3O4/c1-14-11-20-21(12-15(14)2)27(23(29)16-8-6-10-18(16)25-20)13-22(28)26-19-9-5-4-7-17(19)24(30)31-3/h4-5,7,9,11-12,16H,6,8,10,13H2,1-3H3,(H,26,28). The highest BCUT2D eigenvalue weighted by molar-refractivity contribution is 6.17. The number of benzene rings is 2. The second kappa shape index (κ2) is 8.34. The number of carbonyl (C=O) groups is 3. The number of nitrogens with one attached hydrogen (secondary N) is 1. The number of carbonyl (C=O) groups excluding carboxylic acids is 3. The zero-order valence-corrected chi connectivity index (χ0v) is 17.9. The van der Waals surface area contributed by atoms with Crippen molar-refractivity contribution in [1.82, 2.24) is 0 Å². The number of aliphatic imine (C=N–C) groups is 1. The number of aryl methyl sites for hydroxylation is 2. The number of amides is 2. The van der Waals surface area contributed by atoms with Crippen LogP contribution in [-0.2, 0) is 14.3 Å². The Labute approximate surface area is 181 Å². The molecule has 2 aliphatic rings. The van der Waals surface area contributed by atoms with Gasteiger partial charge in [0.25, 0.3) is 0 Å². The topological polar surface area (TPSA) is 88.1 Å². The Balaban J connectivity index is 1.66. The zero-order chi connectivity index (χ0) is 22.1. The van der Waals surface area contributed by atoms with Gasteiger partial charge >= 0.3 is 5.97 Å². The van der Waals surface area contributed by atoms with Crippen molar-refractivity contribution in [3.8, 4) is 0 Å². The smallest absolute Gasteiger partial charge is 0.339 e. The summed E-state index contributed by atoms with van der Waals surface area (Å²) in [6, 6.07) is 10.5. The molecule has 1 aliphatic carbocycles. The Hall–Kier alpha value is -3.48. The molecule has 7 nitrogen and oxygen atoms in total. The second-order valence-corrected chi connectivity index (χ2v) is 7.98. The van der Waals surface area contributed by atoms with Gasteiger partial charge in [-0.3, -0.25) is 14.6 Å². The molecule has 31 heavy (non-hydrogen) atoms. The fourth-order valence-electron chi connectivity index (χ4n) is 4.16. The van der Waals surface area contributed by atoms with Gasteiger partial charge in [-0.05, 0) is 68.5 Å². The molecule has 0 spiro atoms. The molecule has 1 aliphatic heterocycles. The van der Waals surface area contributed by atoms with Crippen LogP contribution in [0.15, 0.2) is 41.4 Å². The van der Waals surface area contributed by atoms with Crippen LogP contribution in [0.2, 0.25) is 0 Å². The first-order valence-electron chi connectivity index (χ1n) is 10.4. The maximum absolute atomic E-state index is 13.4. The van der Waals surface area contributed by atoms with Gasteiger partial charge in [0.05, 0.1) is 35.7 Å². The van der Waals surface area contributed by atoms with Crippen LogP contribution >= 0.6 is 0 Å². The maximum atomic E-state index is 13.4. The number of esters is 1. The van der Waals surface area contributed by atoms with Crippen molar-refractivity contribution in [1.29, 1.82) is 0 Å². The minimum absolute atomic E-state index is 0.102. The molecule has 0 radical (unpaired) electrons. The van der Waals surface area contributed by atoms with Crippen molar-refractivity contribution < 1.29 is 19.1 Å². The number of anilines is 2. The second-order valence-electron chi connectivity index (χ2n) is 7.98. The summed E-state index contributed by atoms with van der Waals surface area (Å²) in [5.41, 5.74) is 4.98. The van der Waals surface area contributed by atoms with E-state index in [4.69, 9.17) is 9.73 Å². The number of rotatable bonds is 4. The molecule has 7 heteroatoms. The highest BCUT2D eigenvalue weighted by Gasteiger charge is 2.37. The molecule has 1 heterocycles. The third kappa shape index (κ3) is 3.95. The first kappa shape index (κ1) is 20.8. The molecule has 160 valence electrons. The third-order valence-corrected chi connectivity index (χ3v) is 5.95. The molecule has 1 atom stereocenters. The van der Waals surface area contributed by atoms with Crippen LogP contribution in [0.4, 0.5) is 17.1 Å². The van der Waals surface area contributed by atoms with Crippen LogP contribution in [0.1, 0.15) is 40.7 Å². The summed E-state index contributed by atoms with van der Waals surface area (Å²) in [4.78, 5) is 44.7. The lowest BCUT2D eigenvalue weighted by molar-refractivity contribution is -0.123. The number of para-hydroxylation sites is 1. The van der Waals surface area contributed by atoms with Crippen LogP contribution in [0.25, 0.3) is 0 Å². The fourth-order valence-corrected chi connectivity index (χ4v) is 4.16. The predicted molar refractivity (Wildman–Crippen MR) is 119 cm³/mol. The minimum Gasteiger partial charge on any atom is -0.465 e. The number of fused-ring (bicyclic) bond motifs is 2. The molecule has 0 aromatic heterocycles. The van der Waals surface area contributed by atoms with Gasteiger partial charge in [-0.25, -0.2) is 4.79 Å². The van der Waals surface area contributed by atoms with Gasteiger partial charge < -0.3 is 15.0 Å². The van der Waals surface area contributed by atoms with Crippen molar-refractivity contribution in [3.05, 3.63) is 53.1 Å². The molecular weight excluding hydrogens is 394 g/mol. The first-order valence-corrected chi connectivity index (χ1v) is 10.4. The van der Waals surface area contributed by atoms with Crippen LogP contribution in [-0.4, -0.2) is 37.1 Å². The Morgan fingerprint density at radius 2 is 1.94 bits per heavy atom. The van der Waals surface area contributed by atoms with Gasteiger partial charge in [0, 0.05) is 5.71 Å². The van der Waals surface area contributed by atoms with Crippen LogP contribution in [0.3, 0.4) is 0 Å². The van der Waals surface area contributed by atoms with Crippen LogP contribution < -0.4 is 10.2 Å². The monoisotopic (exact) mass is 419 g/mol. The summed E-state index contributed by atoms with van der Waals surface area (Å²) in [5, 5.41) is 2.76. The summed E-state index contributed by atoms with van der Waals surface area (Å²) in [6.07, 6.45) is 2.46.